The minimum absolute atomic E-state index is 0.251. The van der Waals surface area contributed by atoms with Crippen LogP contribution in [0.1, 0.15) is 104 Å². The molecule has 0 saturated heterocycles. The second kappa shape index (κ2) is 19.9. The first-order valence-corrected chi connectivity index (χ1v) is 12.3. The first kappa shape index (κ1) is 30.3. The van der Waals surface area contributed by atoms with E-state index in [0.717, 1.165) is 25.2 Å². The molecule has 186 valence electrons. The molecule has 0 heterocycles. The maximum absolute atomic E-state index is 11.7. The molecule has 5 N–H and O–H groups in total. The van der Waals surface area contributed by atoms with Crippen LogP contribution in [0.4, 0.5) is 0 Å². The van der Waals surface area contributed by atoms with E-state index in [1.54, 1.807) is 0 Å². The number of aliphatic hydroxyl groups is 5. The number of ether oxygens (including phenoxy) is 1. The van der Waals surface area contributed by atoms with Gasteiger partial charge in [-0.05, 0) is 12.3 Å². The van der Waals surface area contributed by atoms with E-state index in [0.29, 0.717) is 0 Å². The lowest BCUT2D eigenvalue weighted by molar-refractivity contribution is -0.156. The normalized spacial score (nSPS) is 15.6. The zero-order chi connectivity index (χ0) is 23.5. The lowest BCUT2D eigenvalue weighted by atomic mass is 10.0. The maximum atomic E-state index is 11.7. The van der Waals surface area contributed by atoms with Crippen molar-refractivity contribution in [2.45, 2.75) is 128 Å². The lowest BCUT2D eigenvalue weighted by Gasteiger charge is -2.25. The summed E-state index contributed by atoms with van der Waals surface area (Å²) in [7, 11) is 0. The highest BCUT2D eigenvalue weighted by Gasteiger charge is 2.30. The molecular formula is C24H48O7. The monoisotopic (exact) mass is 448 g/mol. The van der Waals surface area contributed by atoms with Crippen LogP contribution in [0.2, 0.25) is 0 Å². The molecule has 0 amide bonds. The minimum Gasteiger partial charge on any atom is -0.463 e. The van der Waals surface area contributed by atoms with Crippen LogP contribution in [0.3, 0.4) is 0 Å². The predicted molar refractivity (Wildman–Crippen MR) is 122 cm³/mol. The van der Waals surface area contributed by atoms with Crippen LogP contribution >= 0.6 is 0 Å². The van der Waals surface area contributed by atoms with E-state index in [-0.39, 0.29) is 6.42 Å². The van der Waals surface area contributed by atoms with Crippen molar-refractivity contribution in [1.82, 2.24) is 0 Å². The van der Waals surface area contributed by atoms with Gasteiger partial charge in [0.2, 0.25) is 0 Å². The minimum atomic E-state index is -1.71. The topological polar surface area (TPSA) is 127 Å². The molecular weight excluding hydrogens is 400 g/mol. The summed E-state index contributed by atoms with van der Waals surface area (Å²) in [4.78, 5) is 11.7. The van der Waals surface area contributed by atoms with Crippen LogP contribution in [0.25, 0.3) is 0 Å². The first-order valence-electron chi connectivity index (χ1n) is 12.3. The zero-order valence-electron chi connectivity index (χ0n) is 19.8. The van der Waals surface area contributed by atoms with Gasteiger partial charge >= 0.3 is 5.97 Å². The first-order chi connectivity index (χ1) is 14.8. The fraction of sp³-hybridized carbons (Fsp3) is 0.958. The van der Waals surface area contributed by atoms with Gasteiger partial charge < -0.3 is 30.3 Å². The van der Waals surface area contributed by atoms with Gasteiger partial charge in [-0.2, -0.15) is 0 Å². The Morgan fingerprint density at radius 2 is 1.10 bits per heavy atom. The number of rotatable bonds is 21. The van der Waals surface area contributed by atoms with Gasteiger partial charge in [-0.25, -0.2) is 0 Å². The Bertz CT molecular complexity index is 417. The van der Waals surface area contributed by atoms with Crippen molar-refractivity contribution < 1.29 is 35.1 Å². The van der Waals surface area contributed by atoms with Crippen molar-refractivity contribution >= 4 is 5.97 Å². The molecule has 0 fully saturated rings. The van der Waals surface area contributed by atoms with Gasteiger partial charge in [0.1, 0.15) is 31.0 Å². The molecule has 0 aliphatic heterocycles. The van der Waals surface area contributed by atoms with E-state index in [1.807, 2.05) is 0 Å². The molecule has 0 saturated carbocycles. The van der Waals surface area contributed by atoms with Crippen LogP contribution in [-0.4, -0.2) is 69.1 Å². The van der Waals surface area contributed by atoms with E-state index in [9.17, 15) is 25.2 Å². The fourth-order valence-electron chi connectivity index (χ4n) is 3.50. The van der Waals surface area contributed by atoms with E-state index in [1.165, 1.54) is 64.2 Å². The van der Waals surface area contributed by atoms with Crippen molar-refractivity contribution in [3.05, 3.63) is 0 Å². The average Bonchev–Trinajstić information content (AvgIpc) is 2.75. The molecule has 0 spiro atoms. The summed E-state index contributed by atoms with van der Waals surface area (Å²) < 4.78 is 4.90. The number of carbonyl (C=O) groups is 1. The standard InChI is InChI=1S/C24H48O7/c1-19(2)15-13-11-9-7-5-3-4-6-8-10-12-14-16-22(28)31-18-21(27)24(30)23(29)20(26)17-25/h19-21,23-27,29-30H,3-18H2,1-2H3/t20-,21+,23-,24-/m1/s1. The molecule has 0 radical (unpaired) electrons. The van der Waals surface area contributed by atoms with Crippen LogP contribution in [0, 0.1) is 5.92 Å². The second-order valence-corrected chi connectivity index (χ2v) is 9.16. The van der Waals surface area contributed by atoms with Crippen LogP contribution in [0.15, 0.2) is 0 Å². The van der Waals surface area contributed by atoms with Gasteiger partial charge in [-0.15, -0.1) is 0 Å². The second-order valence-electron chi connectivity index (χ2n) is 9.16. The third-order valence-corrected chi connectivity index (χ3v) is 5.65. The van der Waals surface area contributed by atoms with E-state index < -0.39 is 43.6 Å². The van der Waals surface area contributed by atoms with Crippen LogP contribution in [0.5, 0.6) is 0 Å². The summed E-state index contributed by atoms with van der Waals surface area (Å²) in [5.74, 6) is 0.364. The molecule has 7 nitrogen and oxygen atoms in total. The Morgan fingerprint density at radius 3 is 1.55 bits per heavy atom. The highest BCUT2D eigenvalue weighted by molar-refractivity contribution is 5.69. The van der Waals surface area contributed by atoms with Gasteiger partial charge in [0.05, 0.1) is 6.61 Å². The van der Waals surface area contributed by atoms with Gasteiger partial charge in [-0.3, -0.25) is 4.79 Å². The van der Waals surface area contributed by atoms with E-state index in [2.05, 4.69) is 13.8 Å². The van der Waals surface area contributed by atoms with E-state index >= 15 is 0 Å². The largest absolute Gasteiger partial charge is 0.463 e. The van der Waals surface area contributed by atoms with Crippen molar-refractivity contribution in [3.63, 3.8) is 0 Å². The fourth-order valence-corrected chi connectivity index (χ4v) is 3.50. The molecule has 0 rings (SSSR count). The molecule has 0 aromatic rings. The third-order valence-electron chi connectivity index (χ3n) is 5.65. The van der Waals surface area contributed by atoms with Gasteiger partial charge in [0.15, 0.2) is 0 Å². The summed E-state index contributed by atoms with van der Waals surface area (Å²) in [5, 5.41) is 46.8. The molecule has 7 heteroatoms. The molecule has 0 aromatic heterocycles. The highest BCUT2D eigenvalue weighted by Crippen LogP contribution is 2.14. The predicted octanol–water partition coefficient (Wildman–Crippen LogP) is 3.08. The molecule has 4 atom stereocenters. The number of hydrogen-bond donors (Lipinski definition) is 5. The zero-order valence-corrected chi connectivity index (χ0v) is 19.8. The summed E-state index contributed by atoms with van der Waals surface area (Å²) in [6, 6.07) is 0. The molecule has 0 aliphatic carbocycles. The number of esters is 1. The van der Waals surface area contributed by atoms with E-state index in [4.69, 9.17) is 9.84 Å². The molecule has 0 aliphatic rings. The Hall–Kier alpha value is -0.730. The number of carbonyl (C=O) groups excluding carboxylic acids is 1. The average molecular weight is 449 g/mol. The molecule has 0 bridgehead atoms. The van der Waals surface area contributed by atoms with Gasteiger partial charge in [0, 0.05) is 6.42 Å². The lowest BCUT2D eigenvalue weighted by Crippen LogP contribution is -2.47. The van der Waals surface area contributed by atoms with Crippen molar-refractivity contribution in [2.24, 2.45) is 5.92 Å². The number of hydrogen-bond acceptors (Lipinski definition) is 7. The molecule has 0 unspecified atom stereocenters. The Morgan fingerprint density at radius 1 is 0.677 bits per heavy atom. The van der Waals surface area contributed by atoms with Gasteiger partial charge in [0.25, 0.3) is 0 Å². The van der Waals surface area contributed by atoms with Crippen LogP contribution < -0.4 is 0 Å². The van der Waals surface area contributed by atoms with Gasteiger partial charge in [-0.1, -0.05) is 90.9 Å². The van der Waals surface area contributed by atoms with Crippen molar-refractivity contribution in [2.75, 3.05) is 13.2 Å². The SMILES string of the molecule is CC(C)CCCCCCCCCCCCCCC(=O)OC[C@H](O)[C@@H](O)[C@H](O)[C@H](O)CO. The Labute approximate surface area is 188 Å². The van der Waals surface area contributed by atoms with Crippen molar-refractivity contribution in [3.8, 4) is 0 Å². The number of unbranched alkanes of at least 4 members (excludes halogenated alkanes) is 11. The number of aliphatic hydroxyl groups excluding tert-OH is 5. The van der Waals surface area contributed by atoms with Crippen molar-refractivity contribution in [1.29, 1.82) is 0 Å². The Balaban J connectivity index is 3.48. The highest BCUT2D eigenvalue weighted by atomic mass is 16.5. The summed E-state index contributed by atoms with van der Waals surface area (Å²) >= 11 is 0. The molecule has 0 aromatic carbocycles. The third kappa shape index (κ3) is 17.5. The Kier molecular flexibility index (Phi) is 19.4. The maximum Gasteiger partial charge on any atom is 0.305 e. The van der Waals surface area contributed by atoms with Crippen LogP contribution in [-0.2, 0) is 9.53 Å². The smallest absolute Gasteiger partial charge is 0.305 e. The summed E-state index contributed by atoms with van der Waals surface area (Å²) in [6.07, 6.45) is 9.66. The summed E-state index contributed by atoms with van der Waals surface area (Å²) in [6.45, 7) is 3.36. The molecule has 31 heavy (non-hydrogen) atoms. The summed E-state index contributed by atoms with van der Waals surface area (Å²) in [5.41, 5.74) is 0. The quantitative estimate of drug-likeness (QED) is 0.135.